The number of hydrogen-bond acceptors (Lipinski definition) is 5. The fourth-order valence-corrected chi connectivity index (χ4v) is 6.46. The molecule has 188 valence electrons. The number of fused-ring (bicyclic) bond motifs is 4. The second-order valence-corrected chi connectivity index (χ2v) is 10.8. The van der Waals surface area contributed by atoms with E-state index in [-0.39, 0.29) is 18.0 Å². The quantitative estimate of drug-likeness (QED) is 0.452. The lowest BCUT2D eigenvalue weighted by molar-refractivity contribution is -0.128. The number of likely N-dealkylation sites (N-methyl/N-ethyl adjacent to an activating group) is 1. The summed E-state index contributed by atoms with van der Waals surface area (Å²) < 4.78 is 12.5. The van der Waals surface area contributed by atoms with Crippen LogP contribution in [0, 0.1) is 0 Å². The number of aromatic amines is 1. The van der Waals surface area contributed by atoms with Crippen LogP contribution in [-0.2, 0) is 16.0 Å². The van der Waals surface area contributed by atoms with Crippen LogP contribution in [-0.4, -0.2) is 82.7 Å². The van der Waals surface area contributed by atoms with Crippen LogP contribution >= 0.6 is 28.1 Å². The van der Waals surface area contributed by atoms with Crippen LogP contribution in [0.1, 0.15) is 29.8 Å². The Balaban J connectivity index is 1.31. The number of carbonyl (C=O) groups is 1. The second kappa shape index (κ2) is 9.78. The molecule has 1 aromatic heterocycles. The third-order valence-corrected chi connectivity index (χ3v) is 8.41. The van der Waals surface area contributed by atoms with E-state index in [1.807, 2.05) is 25.1 Å². The molecule has 3 aliphatic heterocycles. The third kappa shape index (κ3) is 4.12. The van der Waals surface area contributed by atoms with Gasteiger partial charge in [0, 0.05) is 53.7 Å². The molecular formula is C27H29BrN4O3S. The van der Waals surface area contributed by atoms with Crippen LogP contribution < -0.4 is 4.74 Å². The summed E-state index contributed by atoms with van der Waals surface area (Å²) in [6, 6.07) is 14.1. The molecule has 2 saturated heterocycles. The fourth-order valence-electron chi connectivity index (χ4n) is 5.65. The number of hydrogen-bond donors (Lipinski definition) is 1. The summed E-state index contributed by atoms with van der Waals surface area (Å²) in [5, 5.41) is 1.76. The number of carbonyl (C=O) groups excluding carboxylic acids is 1. The van der Waals surface area contributed by atoms with Crippen molar-refractivity contribution in [1.82, 2.24) is 19.7 Å². The summed E-state index contributed by atoms with van der Waals surface area (Å²) in [4.78, 5) is 23.2. The lowest BCUT2D eigenvalue weighted by Gasteiger charge is -2.37. The number of aromatic nitrogens is 1. The van der Waals surface area contributed by atoms with E-state index in [2.05, 4.69) is 55.0 Å². The Kier molecular flexibility index (Phi) is 6.49. The summed E-state index contributed by atoms with van der Waals surface area (Å²) in [5.41, 5.74) is 4.45. The number of benzene rings is 2. The van der Waals surface area contributed by atoms with Gasteiger partial charge in [0.1, 0.15) is 18.4 Å². The van der Waals surface area contributed by atoms with Crippen molar-refractivity contribution < 1.29 is 14.3 Å². The number of H-pyrrole nitrogens is 1. The molecule has 36 heavy (non-hydrogen) atoms. The lowest BCUT2D eigenvalue weighted by Crippen LogP contribution is -2.44. The summed E-state index contributed by atoms with van der Waals surface area (Å²) >= 11 is 9.45. The van der Waals surface area contributed by atoms with Crippen LogP contribution in [0.2, 0.25) is 0 Å². The van der Waals surface area contributed by atoms with E-state index in [1.165, 1.54) is 5.56 Å². The number of nitrogens with zero attached hydrogens (tertiary/aromatic N) is 3. The number of morpholine rings is 1. The Morgan fingerprint density at radius 2 is 1.94 bits per heavy atom. The summed E-state index contributed by atoms with van der Waals surface area (Å²) in [6.07, 6.45) is 0.639. The zero-order valence-electron chi connectivity index (χ0n) is 20.2. The number of rotatable bonds is 6. The van der Waals surface area contributed by atoms with Crippen LogP contribution in [0.5, 0.6) is 5.75 Å². The minimum atomic E-state index is -0.294. The van der Waals surface area contributed by atoms with Crippen LogP contribution in [0.25, 0.3) is 10.9 Å². The van der Waals surface area contributed by atoms with E-state index in [1.54, 1.807) is 4.90 Å². The van der Waals surface area contributed by atoms with Crippen molar-refractivity contribution in [3.63, 3.8) is 0 Å². The molecule has 0 spiro atoms. The van der Waals surface area contributed by atoms with Gasteiger partial charge in [-0.1, -0.05) is 28.1 Å². The van der Waals surface area contributed by atoms with Crippen LogP contribution in [0.15, 0.2) is 46.9 Å². The number of amides is 1. The Labute approximate surface area is 224 Å². The van der Waals surface area contributed by atoms with Gasteiger partial charge in [-0.25, -0.2) is 0 Å². The molecule has 2 aromatic carbocycles. The molecule has 0 aliphatic carbocycles. The molecule has 2 fully saturated rings. The number of ether oxygens (including phenoxy) is 2. The smallest absolute Gasteiger partial charge is 0.251 e. The zero-order chi connectivity index (χ0) is 24.8. The van der Waals surface area contributed by atoms with E-state index in [9.17, 15) is 4.79 Å². The highest BCUT2D eigenvalue weighted by Crippen LogP contribution is 2.44. The predicted molar refractivity (Wildman–Crippen MR) is 146 cm³/mol. The van der Waals surface area contributed by atoms with Gasteiger partial charge in [-0.3, -0.25) is 14.6 Å². The van der Waals surface area contributed by atoms with E-state index in [0.717, 1.165) is 65.2 Å². The highest BCUT2D eigenvalue weighted by molar-refractivity contribution is 9.10. The van der Waals surface area contributed by atoms with Gasteiger partial charge >= 0.3 is 0 Å². The molecule has 0 radical (unpaired) electrons. The van der Waals surface area contributed by atoms with E-state index in [4.69, 9.17) is 21.7 Å². The molecule has 6 rings (SSSR count). The van der Waals surface area contributed by atoms with E-state index < -0.39 is 0 Å². The van der Waals surface area contributed by atoms with Gasteiger partial charge in [0.05, 0.1) is 19.3 Å². The molecule has 4 heterocycles. The highest BCUT2D eigenvalue weighted by Gasteiger charge is 2.49. The van der Waals surface area contributed by atoms with Crippen molar-refractivity contribution in [2.24, 2.45) is 0 Å². The average molecular weight is 570 g/mol. The predicted octanol–water partition coefficient (Wildman–Crippen LogP) is 4.10. The lowest BCUT2D eigenvalue weighted by atomic mass is 9.89. The highest BCUT2D eigenvalue weighted by atomic mass is 79.9. The van der Waals surface area contributed by atoms with Crippen molar-refractivity contribution in [3.05, 3.63) is 63.8 Å². The molecule has 2 atom stereocenters. The Hall–Kier alpha value is -2.46. The number of halogens is 1. The molecule has 2 unspecified atom stereocenters. The van der Waals surface area contributed by atoms with Crippen LogP contribution in [0.4, 0.5) is 0 Å². The van der Waals surface area contributed by atoms with E-state index in [0.29, 0.717) is 24.7 Å². The molecule has 3 aliphatic rings. The molecular weight excluding hydrogens is 540 g/mol. The van der Waals surface area contributed by atoms with Gasteiger partial charge in [0.25, 0.3) is 5.91 Å². The summed E-state index contributed by atoms with van der Waals surface area (Å²) in [7, 11) is 0. The van der Waals surface area contributed by atoms with Crippen LogP contribution in [0.3, 0.4) is 0 Å². The summed E-state index contributed by atoms with van der Waals surface area (Å²) in [6.45, 7) is 7.58. The molecule has 9 heteroatoms. The third-order valence-electron chi connectivity index (χ3n) is 7.48. The van der Waals surface area contributed by atoms with Crippen molar-refractivity contribution in [2.75, 3.05) is 46.0 Å². The largest absolute Gasteiger partial charge is 0.492 e. The molecule has 1 N–H and O–H groups in total. The van der Waals surface area contributed by atoms with Crippen molar-refractivity contribution >= 4 is 50.1 Å². The van der Waals surface area contributed by atoms with Gasteiger partial charge in [-0.2, -0.15) is 0 Å². The van der Waals surface area contributed by atoms with Gasteiger partial charge in [0.15, 0.2) is 5.11 Å². The molecule has 0 bridgehead atoms. The topological polar surface area (TPSA) is 61.0 Å². The zero-order valence-corrected chi connectivity index (χ0v) is 22.6. The normalized spacial score (nSPS) is 22.3. The minimum absolute atomic E-state index is 0.0885. The fraction of sp³-hybridized carbons (Fsp3) is 0.407. The molecule has 7 nitrogen and oxygen atoms in total. The first kappa shape index (κ1) is 23.9. The first-order chi connectivity index (χ1) is 17.5. The van der Waals surface area contributed by atoms with Gasteiger partial charge in [0.2, 0.25) is 0 Å². The first-order valence-electron chi connectivity index (χ1n) is 12.5. The molecule has 0 saturated carbocycles. The minimum Gasteiger partial charge on any atom is -0.492 e. The monoisotopic (exact) mass is 568 g/mol. The Morgan fingerprint density at radius 3 is 2.69 bits per heavy atom. The first-order valence-corrected chi connectivity index (χ1v) is 13.7. The van der Waals surface area contributed by atoms with Gasteiger partial charge < -0.3 is 19.4 Å². The van der Waals surface area contributed by atoms with Gasteiger partial charge in [-0.05, 0) is 60.6 Å². The Bertz CT molecular complexity index is 1300. The number of thiocarbonyl (C=S) groups is 1. The SMILES string of the molecule is CCN1C(=O)C2Cc3c([nH]c4ccc(Br)cc34)C(c3ccc(OCCN4CCOCC4)cc3)N2C1=S. The summed E-state index contributed by atoms with van der Waals surface area (Å²) in [5.74, 6) is 0.931. The molecule has 3 aromatic rings. The standard InChI is InChI=1S/C27H29BrN4O3S/c1-2-31-26(33)23-16-21-20-15-18(28)5-8-22(20)29-24(21)25(32(23)27(31)36)17-3-6-19(7-4-17)35-14-11-30-9-12-34-13-10-30/h3-8,15,23,25,29H,2,9-14,16H2,1H3. The van der Waals surface area contributed by atoms with Crippen molar-refractivity contribution in [1.29, 1.82) is 0 Å². The number of nitrogens with one attached hydrogen (secondary N) is 1. The maximum atomic E-state index is 13.3. The second-order valence-electron chi connectivity index (χ2n) is 9.47. The molecule has 1 amide bonds. The average Bonchev–Trinajstić information content (AvgIpc) is 3.37. The van der Waals surface area contributed by atoms with Crippen molar-refractivity contribution in [3.8, 4) is 5.75 Å². The maximum Gasteiger partial charge on any atom is 0.251 e. The Morgan fingerprint density at radius 1 is 1.17 bits per heavy atom. The van der Waals surface area contributed by atoms with E-state index >= 15 is 0 Å². The van der Waals surface area contributed by atoms with Crippen molar-refractivity contribution in [2.45, 2.75) is 25.4 Å². The maximum absolute atomic E-state index is 13.3. The van der Waals surface area contributed by atoms with Gasteiger partial charge in [-0.15, -0.1) is 0 Å².